The van der Waals surface area contributed by atoms with E-state index in [4.69, 9.17) is 0 Å². The lowest BCUT2D eigenvalue weighted by Gasteiger charge is -2.27. The molecule has 0 saturated carbocycles. The molecular weight excluding hydrogens is 250 g/mol. The maximum Gasteiger partial charge on any atom is 0.321 e. The Kier molecular flexibility index (Phi) is 4.16. The van der Waals surface area contributed by atoms with Crippen molar-refractivity contribution in [3.05, 3.63) is 27.9 Å². The number of likely N-dealkylation sites (tertiary alicyclic amines) is 1. The minimum atomic E-state index is -0.567. The molecule has 0 radical (unpaired) electrons. The van der Waals surface area contributed by atoms with Crippen LogP contribution >= 0.6 is 0 Å². The summed E-state index contributed by atoms with van der Waals surface area (Å²) in [4.78, 5) is 26.5. The van der Waals surface area contributed by atoms with Crippen molar-refractivity contribution in [2.75, 3.05) is 13.2 Å². The molecule has 2 heterocycles. The average molecular weight is 267 g/mol. The Bertz CT molecular complexity index is 471. The third-order valence-electron chi connectivity index (χ3n) is 3.45. The van der Waals surface area contributed by atoms with Crippen molar-refractivity contribution < 1.29 is 14.8 Å². The lowest BCUT2D eigenvalue weighted by atomic mass is 10.1. The van der Waals surface area contributed by atoms with Crippen LogP contribution in [-0.2, 0) is 0 Å². The van der Waals surface area contributed by atoms with E-state index in [9.17, 15) is 20.0 Å². The van der Waals surface area contributed by atoms with Crippen LogP contribution < -0.4 is 0 Å². The minimum absolute atomic E-state index is 0.0749. The number of hydrogen-bond donors (Lipinski definition) is 2. The van der Waals surface area contributed by atoms with E-state index in [0.717, 1.165) is 25.7 Å². The fourth-order valence-electron chi connectivity index (χ4n) is 2.40. The van der Waals surface area contributed by atoms with Gasteiger partial charge in [0.05, 0.1) is 12.6 Å². The summed E-state index contributed by atoms with van der Waals surface area (Å²) in [6.45, 7) is 0.505. The molecule has 19 heavy (non-hydrogen) atoms. The van der Waals surface area contributed by atoms with Gasteiger partial charge in [-0.25, -0.2) is 4.98 Å². The number of nitrogens with one attached hydrogen (secondary N) is 1. The van der Waals surface area contributed by atoms with Crippen LogP contribution in [-0.4, -0.2) is 45.0 Å². The fourth-order valence-corrected chi connectivity index (χ4v) is 2.40. The van der Waals surface area contributed by atoms with Crippen LogP contribution in [0.3, 0.4) is 0 Å². The van der Waals surface area contributed by atoms with Gasteiger partial charge in [-0.05, 0) is 23.8 Å². The van der Waals surface area contributed by atoms with Gasteiger partial charge in [0.25, 0.3) is 5.91 Å². The van der Waals surface area contributed by atoms with Crippen molar-refractivity contribution >= 4 is 11.7 Å². The molecule has 1 aromatic heterocycles. The Labute approximate surface area is 110 Å². The van der Waals surface area contributed by atoms with E-state index in [1.54, 1.807) is 4.90 Å². The monoisotopic (exact) mass is 267 g/mol. The summed E-state index contributed by atoms with van der Waals surface area (Å²) in [6.07, 6.45) is 3.68. The minimum Gasteiger partial charge on any atom is -0.394 e. The van der Waals surface area contributed by atoms with Crippen molar-refractivity contribution in [1.82, 2.24) is 9.88 Å². The highest BCUT2D eigenvalue weighted by Gasteiger charge is 2.28. The number of carbonyl (C=O) groups is 1. The largest absolute Gasteiger partial charge is 0.394 e. The first-order chi connectivity index (χ1) is 9.13. The molecule has 1 unspecified atom stereocenters. The first kappa shape index (κ1) is 13.5. The normalized spacial score (nSPS) is 20.1. The number of nitro groups is 1. The molecule has 7 nitrogen and oxygen atoms in total. The summed E-state index contributed by atoms with van der Waals surface area (Å²) in [5, 5.41) is 20.0. The molecule has 1 amide bonds. The Morgan fingerprint density at radius 2 is 2.26 bits per heavy atom. The van der Waals surface area contributed by atoms with Crippen LogP contribution in [0.4, 0.5) is 5.82 Å². The van der Waals surface area contributed by atoms with Crippen molar-refractivity contribution in [3.63, 3.8) is 0 Å². The van der Waals surface area contributed by atoms with Gasteiger partial charge in [-0.15, -0.1) is 0 Å². The zero-order valence-electron chi connectivity index (χ0n) is 10.5. The lowest BCUT2D eigenvalue weighted by molar-refractivity contribution is -0.389. The molecule has 0 aliphatic carbocycles. The molecule has 0 aromatic carbocycles. The number of hydrogen-bond acceptors (Lipinski definition) is 4. The molecule has 7 heteroatoms. The fraction of sp³-hybridized carbons (Fsp3) is 0.583. The summed E-state index contributed by atoms with van der Waals surface area (Å²) in [5.74, 6) is -0.479. The van der Waals surface area contributed by atoms with E-state index < -0.39 is 4.92 Å². The van der Waals surface area contributed by atoms with Crippen molar-refractivity contribution in [3.8, 4) is 0 Å². The van der Waals surface area contributed by atoms with Crippen LogP contribution in [0.2, 0.25) is 0 Å². The van der Waals surface area contributed by atoms with Gasteiger partial charge >= 0.3 is 5.82 Å². The van der Waals surface area contributed by atoms with Gasteiger partial charge < -0.3 is 20.1 Å². The average Bonchev–Trinajstić information content (AvgIpc) is 2.77. The van der Waals surface area contributed by atoms with Gasteiger partial charge in [0.1, 0.15) is 0 Å². The summed E-state index contributed by atoms with van der Waals surface area (Å²) in [6, 6.07) is 2.50. The SMILES string of the molecule is O=C(c1ccc([N+](=O)[O-])[nH]1)N1CCCCCC1CO. The summed E-state index contributed by atoms with van der Waals surface area (Å²) >= 11 is 0. The quantitative estimate of drug-likeness (QED) is 0.636. The topological polar surface area (TPSA) is 99.5 Å². The third-order valence-corrected chi connectivity index (χ3v) is 3.45. The summed E-state index contributed by atoms with van der Waals surface area (Å²) in [5.41, 5.74) is 0.201. The first-order valence-corrected chi connectivity index (χ1v) is 6.38. The van der Waals surface area contributed by atoms with Gasteiger partial charge in [-0.2, -0.15) is 0 Å². The highest BCUT2D eigenvalue weighted by molar-refractivity contribution is 5.93. The summed E-state index contributed by atoms with van der Waals surface area (Å²) < 4.78 is 0. The number of nitrogens with zero attached hydrogens (tertiary/aromatic N) is 2. The summed E-state index contributed by atoms with van der Waals surface area (Å²) in [7, 11) is 0. The molecule has 2 N–H and O–H groups in total. The molecule has 1 aliphatic rings. The van der Waals surface area contributed by atoms with Gasteiger partial charge in [0.15, 0.2) is 5.69 Å². The van der Waals surface area contributed by atoms with E-state index in [1.807, 2.05) is 0 Å². The number of rotatable bonds is 3. The molecule has 1 saturated heterocycles. The molecule has 1 aliphatic heterocycles. The number of H-pyrrole nitrogens is 1. The van der Waals surface area contributed by atoms with Crippen LogP contribution in [0.1, 0.15) is 36.2 Å². The van der Waals surface area contributed by atoms with E-state index in [0.29, 0.717) is 6.54 Å². The Balaban J connectivity index is 2.17. The second kappa shape index (κ2) is 5.83. The van der Waals surface area contributed by atoms with Crippen LogP contribution in [0.5, 0.6) is 0 Å². The van der Waals surface area contributed by atoms with Crippen molar-refractivity contribution in [2.45, 2.75) is 31.7 Å². The lowest BCUT2D eigenvalue weighted by Crippen LogP contribution is -2.42. The predicted molar refractivity (Wildman–Crippen MR) is 67.8 cm³/mol. The third kappa shape index (κ3) is 2.93. The number of aliphatic hydroxyl groups is 1. The Morgan fingerprint density at radius 1 is 1.47 bits per heavy atom. The van der Waals surface area contributed by atoms with Crippen molar-refractivity contribution in [1.29, 1.82) is 0 Å². The number of aliphatic hydroxyl groups excluding tert-OH is 1. The number of amides is 1. The molecule has 1 aromatic rings. The van der Waals surface area contributed by atoms with Gasteiger partial charge in [-0.3, -0.25) is 4.79 Å². The second-order valence-corrected chi connectivity index (χ2v) is 4.70. The van der Waals surface area contributed by atoms with E-state index in [-0.39, 0.29) is 30.1 Å². The molecule has 1 atom stereocenters. The highest BCUT2D eigenvalue weighted by Crippen LogP contribution is 2.20. The maximum absolute atomic E-state index is 12.3. The van der Waals surface area contributed by atoms with Crippen molar-refractivity contribution in [2.24, 2.45) is 0 Å². The number of carbonyl (C=O) groups excluding carboxylic acids is 1. The van der Waals surface area contributed by atoms with Gasteiger partial charge in [-0.1, -0.05) is 12.8 Å². The molecule has 0 bridgehead atoms. The second-order valence-electron chi connectivity index (χ2n) is 4.70. The Morgan fingerprint density at radius 3 is 2.89 bits per heavy atom. The standard InChI is InChI=1S/C12H17N3O4/c16-8-9-4-2-1-3-7-14(9)12(17)10-5-6-11(13-10)15(18)19/h5-6,9,13,16H,1-4,7-8H2. The maximum atomic E-state index is 12.3. The molecule has 104 valence electrons. The molecule has 1 fully saturated rings. The van der Waals surface area contributed by atoms with E-state index >= 15 is 0 Å². The smallest absolute Gasteiger partial charge is 0.321 e. The van der Waals surface area contributed by atoms with Crippen LogP contribution in [0.25, 0.3) is 0 Å². The molecular formula is C12H17N3O4. The first-order valence-electron chi connectivity index (χ1n) is 6.38. The Hall–Kier alpha value is -1.89. The molecule has 0 spiro atoms. The van der Waals surface area contributed by atoms with E-state index in [2.05, 4.69) is 4.98 Å². The number of aromatic amines is 1. The number of aromatic nitrogens is 1. The van der Waals surface area contributed by atoms with Gasteiger partial charge in [0, 0.05) is 12.6 Å². The predicted octanol–water partition coefficient (Wildman–Crippen LogP) is 1.30. The van der Waals surface area contributed by atoms with Crippen LogP contribution in [0, 0.1) is 10.1 Å². The van der Waals surface area contributed by atoms with E-state index in [1.165, 1.54) is 12.1 Å². The van der Waals surface area contributed by atoms with Gasteiger partial charge in [0.2, 0.25) is 0 Å². The zero-order valence-corrected chi connectivity index (χ0v) is 10.5. The van der Waals surface area contributed by atoms with Crippen LogP contribution in [0.15, 0.2) is 12.1 Å². The molecule has 2 rings (SSSR count). The highest BCUT2D eigenvalue weighted by atomic mass is 16.6. The zero-order chi connectivity index (χ0) is 13.8.